The van der Waals surface area contributed by atoms with E-state index < -0.39 is 13.7 Å². The molecule has 2 atom stereocenters. The molecule has 1 N–H and O–H groups in total. The van der Waals surface area contributed by atoms with Crippen LogP contribution in [-0.4, -0.2) is 74.5 Å². The number of esters is 2. The van der Waals surface area contributed by atoms with Crippen molar-refractivity contribution in [2.24, 2.45) is 0 Å². The first-order valence-electron chi connectivity index (χ1n) is 21.1. The number of quaternary nitrogens is 1. The van der Waals surface area contributed by atoms with Crippen molar-refractivity contribution in [3.8, 4) is 0 Å². The van der Waals surface area contributed by atoms with Crippen molar-refractivity contribution in [3.63, 3.8) is 0 Å². The van der Waals surface area contributed by atoms with Crippen LogP contribution < -0.4 is 0 Å². The average Bonchev–Trinajstić information content (AvgIpc) is 3.06. The fraction of sp³-hybridized carbons (Fsp3) is 0.951. The molecule has 0 fully saturated rings. The second-order valence-corrected chi connectivity index (χ2v) is 17.8. The van der Waals surface area contributed by atoms with E-state index in [2.05, 4.69) is 13.8 Å². The van der Waals surface area contributed by atoms with E-state index >= 15 is 0 Å². The number of likely N-dealkylation sites (N-methyl/N-ethyl adjacent to an activating group) is 1. The first-order valence-corrected chi connectivity index (χ1v) is 22.9. The number of ether oxygens (including phenoxy) is 2. The molecule has 0 saturated heterocycles. The fourth-order valence-electron chi connectivity index (χ4n) is 6.08. The Bertz CT molecular complexity index is 832. The minimum atomic E-state index is -3.86. The Morgan fingerprint density at radius 2 is 0.940 bits per heavy atom. The van der Waals surface area contributed by atoms with E-state index in [0.717, 1.165) is 38.5 Å². The van der Waals surface area contributed by atoms with Gasteiger partial charge in [0.15, 0.2) is 0 Å². The van der Waals surface area contributed by atoms with Gasteiger partial charge >= 0.3 is 19.5 Å². The summed E-state index contributed by atoms with van der Waals surface area (Å²) in [4.78, 5) is 35.5. The van der Waals surface area contributed by atoms with Crippen molar-refractivity contribution in [1.82, 2.24) is 0 Å². The molecular formula is C41H83NO7P+. The van der Waals surface area contributed by atoms with Crippen LogP contribution in [-0.2, 0) is 28.2 Å². The third-order valence-corrected chi connectivity index (χ3v) is 10.9. The Morgan fingerprint density at radius 1 is 0.580 bits per heavy atom. The van der Waals surface area contributed by atoms with E-state index in [4.69, 9.17) is 14.0 Å². The minimum absolute atomic E-state index is 0.0967. The molecule has 0 spiro atoms. The van der Waals surface area contributed by atoms with Gasteiger partial charge in [0, 0.05) is 12.8 Å². The van der Waals surface area contributed by atoms with E-state index in [1.165, 1.54) is 128 Å². The van der Waals surface area contributed by atoms with E-state index in [-0.39, 0.29) is 37.7 Å². The van der Waals surface area contributed by atoms with Crippen LogP contribution in [0, 0.1) is 0 Å². The smallest absolute Gasteiger partial charge is 0.328 e. The minimum Gasteiger partial charge on any atom is -0.462 e. The fourth-order valence-corrected chi connectivity index (χ4v) is 7.19. The lowest BCUT2D eigenvalue weighted by atomic mass is 10.0. The SMILES string of the molecule is CCCCCCCCCCCCCCCC(=O)OC[C@@H](CCP(=O)(O)OCC[N+](C)(C)C)OC(=O)CCCCCCCCCCCCCCC. The molecule has 1 unspecified atom stereocenters. The van der Waals surface area contributed by atoms with Gasteiger partial charge < -0.3 is 23.4 Å². The summed E-state index contributed by atoms with van der Waals surface area (Å²) in [6, 6.07) is 0. The van der Waals surface area contributed by atoms with Crippen LogP contribution >= 0.6 is 7.60 Å². The van der Waals surface area contributed by atoms with Crippen molar-refractivity contribution < 1.29 is 37.5 Å². The molecule has 0 aliphatic heterocycles. The Hall–Kier alpha value is -0.950. The molecule has 0 aliphatic carbocycles. The zero-order valence-electron chi connectivity index (χ0n) is 33.7. The van der Waals surface area contributed by atoms with Crippen LogP contribution in [0.1, 0.15) is 200 Å². The van der Waals surface area contributed by atoms with Gasteiger partial charge in [-0.2, -0.15) is 0 Å². The number of rotatable bonds is 38. The van der Waals surface area contributed by atoms with Crippen molar-refractivity contribution in [3.05, 3.63) is 0 Å². The standard InChI is InChI=1S/C41H82NO7P/c1-6-8-10-12-14-16-18-20-22-24-26-28-30-32-40(43)47-38-39(34-37-50(45,46)48-36-35-42(3,4)5)49-41(44)33-31-29-27-25-23-21-19-17-15-13-11-9-7-2/h39H,6-38H2,1-5H3/p+1/t39-/m1/s1. The molecule has 0 aromatic heterocycles. The molecule has 0 aromatic rings. The Kier molecular flexibility index (Phi) is 33.2. The van der Waals surface area contributed by atoms with Crippen LogP contribution in [0.5, 0.6) is 0 Å². The van der Waals surface area contributed by atoms with Gasteiger partial charge in [0.05, 0.1) is 27.3 Å². The zero-order chi connectivity index (χ0) is 37.2. The zero-order valence-corrected chi connectivity index (χ0v) is 34.6. The number of nitrogens with zero attached hydrogens (tertiary/aromatic N) is 1. The van der Waals surface area contributed by atoms with Crippen LogP contribution in [0.3, 0.4) is 0 Å². The quantitative estimate of drug-likeness (QED) is 0.0292. The lowest BCUT2D eigenvalue weighted by molar-refractivity contribution is -0.870. The van der Waals surface area contributed by atoms with Gasteiger partial charge in [0.2, 0.25) is 0 Å². The van der Waals surface area contributed by atoms with Crippen molar-refractivity contribution >= 4 is 19.5 Å². The van der Waals surface area contributed by atoms with Gasteiger partial charge in [-0.1, -0.05) is 168 Å². The summed E-state index contributed by atoms with van der Waals surface area (Å²) >= 11 is 0. The normalized spacial score (nSPS) is 13.6. The molecule has 0 radical (unpaired) electrons. The third kappa shape index (κ3) is 36.8. The highest BCUT2D eigenvalue weighted by atomic mass is 31.2. The highest BCUT2D eigenvalue weighted by Gasteiger charge is 2.25. The predicted octanol–water partition coefficient (Wildman–Crippen LogP) is 11.7. The van der Waals surface area contributed by atoms with Gasteiger partial charge in [-0.3, -0.25) is 14.2 Å². The van der Waals surface area contributed by atoms with Crippen molar-refractivity contribution in [2.45, 2.75) is 206 Å². The Balaban J connectivity index is 4.36. The molecule has 0 saturated carbocycles. The molecular weight excluding hydrogens is 649 g/mol. The first-order chi connectivity index (χ1) is 24.0. The number of hydrogen-bond acceptors (Lipinski definition) is 6. The van der Waals surface area contributed by atoms with Gasteiger partial charge in [0.1, 0.15) is 25.9 Å². The molecule has 8 nitrogen and oxygen atoms in total. The lowest BCUT2D eigenvalue weighted by Crippen LogP contribution is -2.37. The molecule has 50 heavy (non-hydrogen) atoms. The number of unbranched alkanes of at least 4 members (excludes halogenated alkanes) is 24. The van der Waals surface area contributed by atoms with Crippen LogP contribution in [0.2, 0.25) is 0 Å². The maximum absolute atomic E-state index is 12.7. The number of carbonyl (C=O) groups excluding carboxylic acids is 2. The summed E-state index contributed by atoms with van der Waals surface area (Å²) in [5, 5.41) is 0. The van der Waals surface area contributed by atoms with Gasteiger partial charge in [-0.05, 0) is 19.3 Å². The molecule has 0 heterocycles. The summed E-state index contributed by atoms with van der Waals surface area (Å²) < 4.78 is 29.8. The second-order valence-electron chi connectivity index (χ2n) is 15.8. The second kappa shape index (κ2) is 33.9. The third-order valence-electron chi connectivity index (χ3n) is 9.49. The van der Waals surface area contributed by atoms with E-state index in [0.29, 0.717) is 23.9 Å². The van der Waals surface area contributed by atoms with Crippen LogP contribution in [0.15, 0.2) is 0 Å². The Labute approximate surface area is 309 Å². The highest BCUT2D eigenvalue weighted by Crippen LogP contribution is 2.42. The van der Waals surface area contributed by atoms with Gasteiger partial charge in [-0.25, -0.2) is 0 Å². The first kappa shape index (κ1) is 49.0. The number of hydrogen-bond donors (Lipinski definition) is 1. The molecule has 0 aromatic carbocycles. The summed E-state index contributed by atoms with van der Waals surface area (Å²) in [6.45, 7) is 5.17. The van der Waals surface area contributed by atoms with Crippen LogP contribution in [0.25, 0.3) is 0 Å². The molecule has 0 aliphatic rings. The average molecular weight is 733 g/mol. The van der Waals surface area contributed by atoms with Gasteiger partial charge in [0.25, 0.3) is 0 Å². The molecule has 0 rings (SSSR count). The maximum Gasteiger partial charge on any atom is 0.328 e. The van der Waals surface area contributed by atoms with Gasteiger partial charge in [-0.15, -0.1) is 0 Å². The predicted molar refractivity (Wildman–Crippen MR) is 210 cm³/mol. The lowest BCUT2D eigenvalue weighted by Gasteiger charge is -2.24. The summed E-state index contributed by atoms with van der Waals surface area (Å²) in [7, 11) is 2.11. The molecule has 298 valence electrons. The summed E-state index contributed by atoms with van der Waals surface area (Å²) in [5.74, 6) is -0.652. The highest BCUT2D eigenvalue weighted by molar-refractivity contribution is 7.52. The monoisotopic (exact) mass is 733 g/mol. The Morgan fingerprint density at radius 3 is 1.32 bits per heavy atom. The molecule has 0 bridgehead atoms. The van der Waals surface area contributed by atoms with Crippen LogP contribution in [0.4, 0.5) is 0 Å². The molecule has 0 amide bonds. The van der Waals surface area contributed by atoms with E-state index in [9.17, 15) is 19.0 Å². The molecule has 9 heteroatoms. The van der Waals surface area contributed by atoms with E-state index in [1.807, 2.05) is 21.1 Å². The summed E-state index contributed by atoms with van der Waals surface area (Å²) in [5.41, 5.74) is 0. The maximum atomic E-state index is 12.7. The topological polar surface area (TPSA) is 99.1 Å². The largest absolute Gasteiger partial charge is 0.462 e. The summed E-state index contributed by atoms with van der Waals surface area (Å²) in [6.07, 6.45) is 32.0. The number of carbonyl (C=O) groups is 2. The van der Waals surface area contributed by atoms with E-state index in [1.54, 1.807) is 0 Å². The van der Waals surface area contributed by atoms with Crippen molar-refractivity contribution in [1.29, 1.82) is 0 Å². The van der Waals surface area contributed by atoms with Crippen molar-refractivity contribution in [2.75, 3.05) is 47.1 Å².